The Bertz CT molecular complexity index is 909. The molecule has 144 valence electrons. The zero-order valence-corrected chi connectivity index (χ0v) is 16.3. The predicted octanol–water partition coefficient (Wildman–Crippen LogP) is 3.75. The van der Waals surface area contributed by atoms with Gasteiger partial charge in [-0.15, -0.1) is 11.3 Å². The van der Waals surface area contributed by atoms with Gasteiger partial charge in [-0.25, -0.2) is 0 Å². The maximum absolute atomic E-state index is 12.4. The molecule has 1 amide bonds. The third kappa shape index (κ3) is 5.44. The molecule has 2 aromatic carbocycles. The van der Waals surface area contributed by atoms with Gasteiger partial charge in [0.2, 0.25) is 0 Å². The zero-order chi connectivity index (χ0) is 19.8. The Morgan fingerprint density at radius 1 is 1.04 bits per heavy atom. The molecule has 28 heavy (non-hydrogen) atoms. The minimum atomic E-state index is -0.462. The molecule has 5 nitrogen and oxygen atoms in total. The quantitative estimate of drug-likeness (QED) is 0.590. The van der Waals surface area contributed by atoms with Crippen molar-refractivity contribution < 1.29 is 19.1 Å². The molecule has 0 aliphatic rings. The van der Waals surface area contributed by atoms with E-state index in [0.29, 0.717) is 5.75 Å². The summed E-state index contributed by atoms with van der Waals surface area (Å²) < 4.78 is 10.3. The molecule has 3 rings (SSSR count). The highest BCUT2D eigenvalue weighted by molar-refractivity contribution is 7.10. The van der Waals surface area contributed by atoms with E-state index in [9.17, 15) is 9.59 Å². The van der Waals surface area contributed by atoms with Crippen LogP contribution in [0.4, 0.5) is 0 Å². The minimum absolute atomic E-state index is 0.0809. The second-order valence-corrected chi connectivity index (χ2v) is 7.09. The Morgan fingerprint density at radius 3 is 2.57 bits per heavy atom. The van der Waals surface area contributed by atoms with Gasteiger partial charge in [0.15, 0.2) is 6.61 Å². The largest absolute Gasteiger partial charge is 0.497 e. The van der Waals surface area contributed by atoms with Crippen LogP contribution in [0.1, 0.15) is 22.0 Å². The number of nitrogens with one attached hydrogen (secondary N) is 1. The van der Waals surface area contributed by atoms with Crippen LogP contribution in [0.25, 0.3) is 0 Å². The van der Waals surface area contributed by atoms with Crippen molar-refractivity contribution >= 4 is 23.2 Å². The molecule has 0 spiro atoms. The summed E-state index contributed by atoms with van der Waals surface area (Å²) in [5, 5.41) is 4.91. The topological polar surface area (TPSA) is 64.6 Å². The Morgan fingerprint density at radius 2 is 1.86 bits per heavy atom. The van der Waals surface area contributed by atoms with Crippen molar-refractivity contribution in [2.24, 2.45) is 0 Å². The molecule has 0 bridgehead atoms. The van der Waals surface area contributed by atoms with Crippen molar-refractivity contribution in [1.82, 2.24) is 5.32 Å². The third-order valence-electron chi connectivity index (χ3n) is 4.11. The standard InChI is InChI=1S/C22H21NO4S/c1-26-18-10-5-7-16(13-18)14-21(25)27-15-20(24)23-22(19-11-6-12-28-19)17-8-3-2-4-9-17/h2-13,22H,14-15H2,1H3,(H,23,24)/t22-/m0/s1. The monoisotopic (exact) mass is 395 g/mol. The highest BCUT2D eigenvalue weighted by atomic mass is 32.1. The second kappa shape index (κ2) is 9.71. The predicted molar refractivity (Wildman–Crippen MR) is 108 cm³/mol. The van der Waals surface area contributed by atoms with E-state index >= 15 is 0 Å². The summed E-state index contributed by atoms with van der Waals surface area (Å²) in [7, 11) is 1.57. The van der Waals surface area contributed by atoms with Gasteiger partial charge in [-0.2, -0.15) is 0 Å². The highest BCUT2D eigenvalue weighted by Gasteiger charge is 2.18. The third-order valence-corrected chi connectivity index (χ3v) is 5.05. The fraction of sp³-hybridized carbons (Fsp3) is 0.182. The Hall–Kier alpha value is -3.12. The van der Waals surface area contributed by atoms with Crippen LogP contribution in [0.2, 0.25) is 0 Å². The summed E-state index contributed by atoms with van der Waals surface area (Å²) in [6.07, 6.45) is 0.0809. The van der Waals surface area contributed by atoms with Gasteiger partial charge in [-0.3, -0.25) is 9.59 Å². The van der Waals surface area contributed by atoms with Gasteiger partial charge in [0.1, 0.15) is 5.75 Å². The molecule has 0 aliphatic carbocycles. The van der Waals surface area contributed by atoms with Crippen LogP contribution in [-0.4, -0.2) is 25.6 Å². The molecule has 0 fully saturated rings. The lowest BCUT2D eigenvalue weighted by Crippen LogP contribution is -2.32. The summed E-state index contributed by atoms with van der Waals surface area (Å²) in [6, 6.07) is 20.5. The number of rotatable bonds is 8. The first kappa shape index (κ1) is 19.6. The van der Waals surface area contributed by atoms with Gasteiger partial charge < -0.3 is 14.8 Å². The fourth-order valence-electron chi connectivity index (χ4n) is 2.77. The number of carbonyl (C=O) groups is 2. The van der Waals surface area contributed by atoms with Gasteiger partial charge in [0, 0.05) is 4.88 Å². The normalized spacial score (nSPS) is 11.5. The van der Waals surface area contributed by atoms with Crippen LogP contribution in [0.5, 0.6) is 5.75 Å². The van der Waals surface area contributed by atoms with Crippen molar-refractivity contribution in [3.63, 3.8) is 0 Å². The van der Waals surface area contributed by atoms with Gasteiger partial charge in [-0.1, -0.05) is 48.5 Å². The minimum Gasteiger partial charge on any atom is -0.497 e. The first-order valence-corrected chi connectivity index (χ1v) is 9.70. The van der Waals surface area contributed by atoms with Crippen molar-refractivity contribution in [3.8, 4) is 5.75 Å². The number of hydrogen-bond acceptors (Lipinski definition) is 5. The zero-order valence-electron chi connectivity index (χ0n) is 15.5. The van der Waals surface area contributed by atoms with Crippen LogP contribution in [0.3, 0.4) is 0 Å². The second-order valence-electron chi connectivity index (χ2n) is 6.12. The van der Waals surface area contributed by atoms with Crippen LogP contribution in [-0.2, 0) is 20.7 Å². The number of methoxy groups -OCH3 is 1. The Kier molecular flexibility index (Phi) is 6.81. The lowest BCUT2D eigenvalue weighted by atomic mass is 10.1. The molecule has 0 saturated heterocycles. The van der Waals surface area contributed by atoms with E-state index < -0.39 is 5.97 Å². The van der Waals surface area contributed by atoms with Crippen molar-refractivity contribution in [1.29, 1.82) is 0 Å². The summed E-state index contributed by atoms with van der Waals surface area (Å²) in [4.78, 5) is 25.5. The van der Waals surface area contributed by atoms with E-state index in [4.69, 9.17) is 9.47 Å². The van der Waals surface area contributed by atoms with Crippen LogP contribution in [0.15, 0.2) is 72.1 Å². The smallest absolute Gasteiger partial charge is 0.310 e. The average Bonchev–Trinajstić information content (AvgIpc) is 3.26. The van der Waals surface area contributed by atoms with Crippen LogP contribution >= 0.6 is 11.3 Å². The highest BCUT2D eigenvalue weighted by Crippen LogP contribution is 2.25. The summed E-state index contributed by atoms with van der Waals surface area (Å²) >= 11 is 1.56. The first-order valence-electron chi connectivity index (χ1n) is 8.82. The van der Waals surface area contributed by atoms with Gasteiger partial charge in [0.05, 0.1) is 19.6 Å². The lowest BCUT2D eigenvalue weighted by molar-refractivity contribution is -0.148. The number of carbonyl (C=O) groups excluding carboxylic acids is 2. The molecule has 1 atom stereocenters. The van der Waals surface area contributed by atoms with Crippen LogP contribution in [0, 0.1) is 0 Å². The molecule has 3 aromatic rings. The van der Waals surface area contributed by atoms with Crippen molar-refractivity contribution in [2.75, 3.05) is 13.7 Å². The number of thiophene rings is 1. The summed E-state index contributed by atoms with van der Waals surface area (Å²) in [5.74, 6) is -0.137. The van der Waals surface area contributed by atoms with E-state index in [2.05, 4.69) is 5.32 Å². The maximum atomic E-state index is 12.4. The Balaban J connectivity index is 1.56. The van der Waals surface area contributed by atoms with Gasteiger partial charge in [0.25, 0.3) is 5.91 Å². The molecular weight excluding hydrogens is 374 g/mol. The van der Waals surface area contributed by atoms with Crippen molar-refractivity contribution in [3.05, 3.63) is 88.1 Å². The molecular formula is C22H21NO4S. The number of benzene rings is 2. The summed E-state index contributed by atoms with van der Waals surface area (Å²) in [6.45, 7) is -0.322. The maximum Gasteiger partial charge on any atom is 0.310 e. The van der Waals surface area contributed by atoms with Gasteiger partial charge >= 0.3 is 5.97 Å². The molecule has 0 saturated carbocycles. The SMILES string of the molecule is COc1cccc(CC(=O)OCC(=O)N[C@@H](c2ccccc2)c2cccs2)c1. The van der Waals surface area contributed by atoms with E-state index in [1.165, 1.54) is 0 Å². The number of hydrogen-bond donors (Lipinski definition) is 1. The molecule has 0 unspecified atom stereocenters. The molecule has 1 N–H and O–H groups in total. The Labute approximate surface area is 167 Å². The number of esters is 1. The van der Waals surface area contributed by atoms with Crippen molar-refractivity contribution in [2.45, 2.75) is 12.5 Å². The van der Waals surface area contributed by atoms with E-state index in [-0.39, 0.29) is 25.0 Å². The first-order chi connectivity index (χ1) is 13.7. The van der Waals surface area contributed by atoms with E-state index in [1.54, 1.807) is 36.6 Å². The number of amides is 1. The fourth-order valence-corrected chi connectivity index (χ4v) is 3.57. The van der Waals surface area contributed by atoms with Crippen LogP contribution < -0.4 is 10.1 Å². The molecule has 6 heteroatoms. The molecule has 0 aliphatic heterocycles. The van der Waals surface area contributed by atoms with Gasteiger partial charge in [-0.05, 0) is 34.7 Å². The molecule has 0 radical (unpaired) electrons. The summed E-state index contributed by atoms with van der Waals surface area (Å²) in [5.41, 5.74) is 1.74. The molecule has 1 aromatic heterocycles. The molecule has 1 heterocycles. The average molecular weight is 395 g/mol. The number of ether oxygens (including phenoxy) is 2. The van der Waals surface area contributed by atoms with E-state index in [1.807, 2.05) is 53.9 Å². The van der Waals surface area contributed by atoms with E-state index in [0.717, 1.165) is 16.0 Å². The lowest BCUT2D eigenvalue weighted by Gasteiger charge is -2.18.